The van der Waals surface area contributed by atoms with Gasteiger partial charge in [0.2, 0.25) is 0 Å². The Morgan fingerprint density at radius 1 is 0.129 bits per heavy atom. The van der Waals surface area contributed by atoms with Crippen LogP contribution in [0.1, 0.15) is 0 Å². The minimum absolute atomic E-state index is 1.11. The minimum Gasteiger partial charge on any atom is -0.311 e. The smallest absolute Gasteiger partial charge is 0.0555 e. The normalized spacial score (nSPS) is 11.7. The van der Waals surface area contributed by atoms with Gasteiger partial charge in [0.05, 0.1) is 33.1 Å². The molecule has 24 aromatic carbocycles. The maximum Gasteiger partial charge on any atom is 0.0555 e. The minimum atomic E-state index is 1.11. The van der Waals surface area contributed by atoms with Crippen molar-refractivity contribution in [2.24, 2.45) is 0 Å². The summed E-state index contributed by atoms with van der Waals surface area (Å²) in [5.74, 6) is 0. The van der Waals surface area contributed by atoms with E-state index < -0.39 is 0 Å². The lowest BCUT2D eigenvalue weighted by molar-refractivity contribution is 1.17. The molecule has 6 nitrogen and oxygen atoms in total. The van der Waals surface area contributed by atoms with Crippen LogP contribution in [0.2, 0.25) is 0 Å². The SMILES string of the molecule is c1ccc(N(c2ccc(-c3ccc4ccccc4c3)cc2)c2cccc(-n3c4ccccc4c4cc5c(cc43)sc3ccccc35)c2)cc1.c1ccc(N(c2ccc(-c3cccc4ccccc34)cc2)c2ccc(-n3c4ccccc4c4cc5c(cc43)sc3ccccc35)cc2)cc1.c1ccc(N(c2ccc(-n3c4ccccc4c4cc5c(cc43)sc3ccccc35)cc2)c2cccc(-c3ccc4ccccc4c3)c2)cc1. The Hall–Kier alpha value is -18.5. The van der Waals surface area contributed by atoms with Gasteiger partial charge in [-0.2, -0.15) is 0 Å². The highest BCUT2D eigenvalue weighted by molar-refractivity contribution is 7.26. The van der Waals surface area contributed by atoms with E-state index in [4.69, 9.17) is 0 Å². The number of thiophene rings is 3. The summed E-state index contributed by atoms with van der Waals surface area (Å²) in [6.07, 6.45) is 0. The number of rotatable bonds is 15. The van der Waals surface area contributed by atoms with Gasteiger partial charge in [0.25, 0.3) is 0 Å². The summed E-state index contributed by atoms with van der Waals surface area (Å²) >= 11 is 5.61. The highest BCUT2D eigenvalue weighted by Crippen LogP contribution is 2.49. The zero-order valence-electron chi connectivity index (χ0n) is 79.9. The lowest BCUT2D eigenvalue weighted by Crippen LogP contribution is -2.10. The zero-order chi connectivity index (χ0) is 96.9. The van der Waals surface area contributed by atoms with Crippen LogP contribution in [0, 0.1) is 0 Å². The third-order valence-electron chi connectivity index (χ3n) is 29.3. The van der Waals surface area contributed by atoms with Crippen molar-refractivity contribution in [3.8, 4) is 50.4 Å². The number of anilines is 9. The van der Waals surface area contributed by atoms with Gasteiger partial charge in [-0.15, -0.1) is 34.0 Å². The lowest BCUT2D eigenvalue weighted by atomic mass is 9.98. The van der Waals surface area contributed by atoms with Crippen LogP contribution in [0.3, 0.4) is 0 Å². The van der Waals surface area contributed by atoms with Crippen LogP contribution in [-0.2, 0) is 0 Å². The van der Waals surface area contributed by atoms with E-state index in [1.54, 1.807) is 0 Å². The Morgan fingerprint density at radius 2 is 0.422 bits per heavy atom. The molecule has 30 rings (SSSR count). The van der Waals surface area contributed by atoms with E-state index in [0.717, 1.165) is 68.2 Å². The fraction of sp³-hybridized carbons (Fsp3) is 0. The third kappa shape index (κ3) is 15.5. The largest absolute Gasteiger partial charge is 0.311 e. The van der Waals surface area contributed by atoms with Gasteiger partial charge in [-0.05, 0) is 290 Å². The second kappa shape index (κ2) is 36.5. The first-order valence-corrected chi connectivity index (χ1v) is 52.5. The zero-order valence-corrected chi connectivity index (χ0v) is 82.3. The Kier molecular flexibility index (Phi) is 21.4. The fourth-order valence-electron chi connectivity index (χ4n) is 22.4. The molecule has 147 heavy (non-hydrogen) atoms. The van der Waals surface area contributed by atoms with Crippen molar-refractivity contribution in [3.05, 3.63) is 546 Å². The molecule has 9 heteroatoms. The average molecular weight is 1930 g/mol. The van der Waals surface area contributed by atoms with Gasteiger partial charge in [-0.1, -0.05) is 322 Å². The number of benzene rings is 24. The van der Waals surface area contributed by atoms with Crippen molar-refractivity contribution in [2.45, 2.75) is 0 Å². The third-order valence-corrected chi connectivity index (χ3v) is 32.7. The molecule has 30 aromatic rings. The molecule has 6 heterocycles. The van der Waals surface area contributed by atoms with E-state index >= 15 is 0 Å². The van der Waals surface area contributed by atoms with Gasteiger partial charge < -0.3 is 28.4 Å². The van der Waals surface area contributed by atoms with E-state index in [2.05, 4.69) is 574 Å². The number of para-hydroxylation sites is 6. The number of aromatic nitrogens is 3. The van der Waals surface area contributed by atoms with Crippen molar-refractivity contribution in [1.82, 2.24) is 13.7 Å². The highest BCUT2D eigenvalue weighted by Gasteiger charge is 2.25. The molecule has 0 saturated heterocycles. The molecular formula is C138H90N6S3. The first-order valence-electron chi connectivity index (χ1n) is 50.0. The summed E-state index contributed by atoms with van der Waals surface area (Å²) in [5, 5.41) is 23.2. The van der Waals surface area contributed by atoms with Crippen LogP contribution < -0.4 is 14.7 Å². The number of nitrogens with zero attached hydrogens (tertiary/aromatic N) is 6. The predicted molar refractivity (Wildman–Crippen MR) is 634 cm³/mol. The van der Waals surface area contributed by atoms with E-state index in [1.165, 1.54) is 192 Å². The fourth-order valence-corrected chi connectivity index (χ4v) is 25.7. The van der Waals surface area contributed by atoms with Crippen molar-refractivity contribution in [3.63, 3.8) is 0 Å². The van der Waals surface area contributed by atoms with Crippen LogP contribution >= 0.6 is 34.0 Å². The molecule has 0 radical (unpaired) electrons. The molecule has 0 aliphatic rings. The van der Waals surface area contributed by atoms with Crippen LogP contribution in [0.25, 0.3) is 209 Å². The number of fused-ring (bicyclic) bond motifs is 21. The highest BCUT2D eigenvalue weighted by atomic mass is 32.1. The molecule has 0 spiro atoms. The molecule has 0 fully saturated rings. The summed E-state index contributed by atoms with van der Waals surface area (Å²) in [6, 6.07) is 198. The van der Waals surface area contributed by atoms with Crippen molar-refractivity contribution in [2.75, 3.05) is 14.7 Å². The molecule has 0 aliphatic carbocycles. The van der Waals surface area contributed by atoms with Gasteiger partial charge in [0.15, 0.2) is 0 Å². The van der Waals surface area contributed by atoms with Crippen LogP contribution in [0.5, 0.6) is 0 Å². The van der Waals surface area contributed by atoms with Gasteiger partial charge in [0.1, 0.15) is 0 Å². The summed E-state index contributed by atoms with van der Waals surface area (Å²) in [4.78, 5) is 7.04. The molecular weight excluding hydrogens is 1840 g/mol. The van der Waals surface area contributed by atoms with Gasteiger partial charge >= 0.3 is 0 Å². The topological polar surface area (TPSA) is 24.5 Å². The molecule has 0 unspecified atom stereocenters. The van der Waals surface area contributed by atoms with Gasteiger partial charge in [0, 0.05) is 161 Å². The summed E-state index contributed by atoms with van der Waals surface area (Å²) in [5.41, 5.74) is 28.1. The molecule has 0 amide bonds. The monoisotopic (exact) mass is 1930 g/mol. The van der Waals surface area contributed by atoms with Crippen molar-refractivity contribution >= 4 is 243 Å². The van der Waals surface area contributed by atoms with E-state index in [0.29, 0.717) is 0 Å². The summed E-state index contributed by atoms with van der Waals surface area (Å²) < 4.78 is 15.2. The quantitative estimate of drug-likeness (QED) is 0.102. The predicted octanol–water partition coefficient (Wildman–Crippen LogP) is 40.3. The van der Waals surface area contributed by atoms with Crippen LogP contribution in [0.4, 0.5) is 51.2 Å². The van der Waals surface area contributed by atoms with Crippen LogP contribution in [-0.4, -0.2) is 13.7 Å². The Labute approximate surface area is 861 Å². The molecule has 6 aromatic heterocycles. The second-order valence-corrected chi connectivity index (χ2v) is 41.1. The number of hydrogen-bond acceptors (Lipinski definition) is 6. The standard InChI is InChI=1S/3C46H30N2S/c1-2-13-33(14-3-1)47(34-23-21-32(22-24-34)38-18-10-12-31-11-4-5-15-37(31)38)35-25-27-36(28-26-35)48-43-19-8-6-16-39(43)41-29-42-40-17-7-9-20-45(40)49-46(42)30-44(41)48;1-2-14-35(15-3-1)47(38-16-10-13-33(28-38)34-22-21-31-11-4-5-12-32(31)27-34)36-23-25-37(26-24-36)48-43-19-8-6-17-39(43)41-29-42-40-18-7-9-20-45(40)49-46(42)30-44(41)48;1-2-13-35(14-3-1)47(36-25-23-32(24-26-36)34-22-21-31-11-4-5-12-33(31)27-34)37-15-10-16-38(28-37)48-43-19-8-6-17-39(43)41-29-42-40-18-7-9-20-45(40)49-46(42)30-44(41)48/h3*1-30H. The molecule has 0 aliphatic heterocycles. The Balaban J connectivity index is 0.000000107. The van der Waals surface area contributed by atoms with Crippen molar-refractivity contribution < 1.29 is 0 Å². The molecule has 0 bridgehead atoms. The van der Waals surface area contributed by atoms with Gasteiger partial charge in [-0.25, -0.2) is 0 Å². The van der Waals surface area contributed by atoms with Crippen LogP contribution in [0.15, 0.2) is 546 Å². The molecule has 0 N–H and O–H groups in total. The first-order chi connectivity index (χ1) is 72.9. The average Bonchev–Trinajstić information content (AvgIpc) is 1.57. The lowest BCUT2D eigenvalue weighted by Gasteiger charge is -2.26. The Morgan fingerprint density at radius 3 is 0.857 bits per heavy atom. The molecule has 690 valence electrons. The maximum atomic E-state index is 2.43. The summed E-state index contributed by atoms with van der Waals surface area (Å²) in [7, 11) is 0. The number of hydrogen-bond donors (Lipinski definition) is 0. The first kappa shape index (κ1) is 86.4. The second-order valence-electron chi connectivity index (χ2n) is 37.8. The van der Waals surface area contributed by atoms with Gasteiger partial charge in [-0.3, -0.25) is 0 Å². The Bertz CT molecular complexity index is 10300. The molecule has 0 saturated carbocycles. The van der Waals surface area contributed by atoms with E-state index in [9.17, 15) is 0 Å². The van der Waals surface area contributed by atoms with E-state index in [1.807, 2.05) is 34.0 Å². The molecule has 0 atom stereocenters. The van der Waals surface area contributed by atoms with Crippen molar-refractivity contribution in [1.29, 1.82) is 0 Å². The maximum absolute atomic E-state index is 2.43. The van der Waals surface area contributed by atoms with E-state index in [-0.39, 0.29) is 0 Å². The summed E-state index contributed by atoms with van der Waals surface area (Å²) in [6.45, 7) is 0.